The molecule has 0 saturated heterocycles. The fraction of sp³-hybridized carbons (Fsp3) is 0.188. The van der Waals surface area contributed by atoms with Crippen LogP contribution in [-0.2, 0) is 7.05 Å². The predicted octanol–water partition coefficient (Wildman–Crippen LogP) is 2.83. The fourth-order valence-corrected chi connectivity index (χ4v) is 3.41. The largest absolute Gasteiger partial charge is 0.464 e. The molecule has 0 saturated carbocycles. The zero-order valence-corrected chi connectivity index (χ0v) is 13.7. The quantitative estimate of drug-likeness (QED) is 0.580. The Balaban J connectivity index is 1.49. The molecule has 122 valence electrons. The number of rotatable bonds is 5. The number of imidazole rings is 1. The SMILES string of the molecule is Cn1cnc2c(NCC(O)c3ccc(-c4ccco4)s3)ncnc21. The van der Waals surface area contributed by atoms with E-state index in [2.05, 4.69) is 20.3 Å². The van der Waals surface area contributed by atoms with Crippen LogP contribution < -0.4 is 5.32 Å². The second-order valence-corrected chi connectivity index (χ2v) is 6.44. The highest BCUT2D eigenvalue weighted by Crippen LogP contribution is 2.31. The van der Waals surface area contributed by atoms with Gasteiger partial charge in [-0.3, -0.25) is 0 Å². The van der Waals surface area contributed by atoms with Crippen molar-refractivity contribution < 1.29 is 9.52 Å². The normalized spacial score (nSPS) is 12.6. The van der Waals surface area contributed by atoms with Crippen molar-refractivity contribution in [3.05, 3.63) is 48.1 Å². The Morgan fingerprint density at radius 1 is 1.29 bits per heavy atom. The summed E-state index contributed by atoms with van der Waals surface area (Å²) in [6.07, 6.45) is 4.17. The highest BCUT2D eigenvalue weighted by Gasteiger charge is 2.14. The third-order valence-corrected chi connectivity index (χ3v) is 4.88. The molecule has 24 heavy (non-hydrogen) atoms. The van der Waals surface area contributed by atoms with Crippen molar-refractivity contribution in [2.45, 2.75) is 6.10 Å². The molecule has 4 aromatic heterocycles. The first-order chi connectivity index (χ1) is 11.7. The minimum atomic E-state index is -0.646. The average Bonchev–Trinajstić information content (AvgIpc) is 3.33. The van der Waals surface area contributed by atoms with Crippen LogP contribution in [0.1, 0.15) is 11.0 Å². The molecule has 4 rings (SSSR count). The Labute approximate surface area is 141 Å². The van der Waals surface area contributed by atoms with Crippen molar-refractivity contribution >= 4 is 28.3 Å². The molecule has 2 N–H and O–H groups in total. The van der Waals surface area contributed by atoms with Gasteiger partial charge < -0.3 is 19.4 Å². The Kier molecular flexibility index (Phi) is 3.75. The lowest BCUT2D eigenvalue weighted by molar-refractivity contribution is 0.195. The second-order valence-electron chi connectivity index (χ2n) is 5.33. The van der Waals surface area contributed by atoms with Crippen LogP contribution in [0, 0.1) is 0 Å². The first kappa shape index (κ1) is 14.9. The van der Waals surface area contributed by atoms with Gasteiger partial charge in [-0.15, -0.1) is 11.3 Å². The number of hydrogen-bond donors (Lipinski definition) is 2. The zero-order chi connectivity index (χ0) is 16.5. The molecule has 0 radical (unpaired) electrons. The Morgan fingerprint density at radius 3 is 3.04 bits per heavy atom. The van der Waals surface area contributed by atoms with Gasteiger partial charge >= 0.3 is 0 Å². The summed E-state index contributed by atoms with van der Waals surface area (Å²) < 4.78 is 7.20. The molecule has 4 heterocycles. The van der Waals surface area contributed by atoms with Crippen molar-refractivity contribution in [2.24, 2.45) is 7.05 Å². The van der Waals surface area contributed by atoms with E-state index in [1.165, 1.54) is 17.7 Å². The van der Waals surface area contributed by atoms with Crippen LogP contribution in [0.3, 0.4) is 0 Å². The minimum absolute atomic E-state index is 0.334. The number of hydrogen-bond acceptors (Lipinski definition) is 7. The number of aliphatic hydroxyl groups is 1. The molecule has 0 aromatic carbocycles. The molecule has 8 heteroatoms. The van der Waals surface area contributed by atoms with Gasteiger partial charge in [-0.2, -0.15) is 0 Å². The molecule has 0 bridgehead atoms. The van der Waals surface area contributed by atoms with Gasteiger partial charge in [-0.05, 0) is 24.3 Å². The summed E-state index contributed by atoms with van der Waals surface area (Å²) in [5.41, 5.74) is 1.44. The predicted molar refractivity (Wildman–Crippen MR) is 91.8 cm³/mol. The molecule has 0 aliphatic rings. The highest BCUT2D eigenvalue weighted by molar-refractivity contribution is 7.15. The standard InChI is InChI=1S/C16H15N5O2S/c1-21-9-20-14-15(18-8-19-16(14)21)17-7-10(22)12-4-5-13(24-12)11-3-2-6-23-11/h2-6,8-10,22H,7H2,1H3,(H,17,18,19). The van der Waals surface area contributed by atoms with Crippen molar-refractivity contribution in [1.82, 2.24) is 19.5 Å². The van der Waals surface area contributed by atoms with E-state index in [9.17, 15) is 5.11 Å². The number of fused-ring (bicyclic) bond motifs is 1. The summed E-state index contributed by atoms with van der Waals surface area (Å²) in [4.78, 5) is 14.5. The summed E-state index contributed by atoms with van der Waals surface area (Å²) >= 11 is 1.51. The number of nitrogens with one attached hydrogen (secondary N) is 1. The number of thiophene rings is 1. The van der Waals surface area contributed by atoms with Gasteiger partial charge in [0.05, 0.1) is 17.5 Å². The fourth-order valence-electron chi connectivity index (χ4n) is 2.45. The van der Waals surface area contributed by atoms with Crippen LogP contribution in [0.5, 0.6) is 0 Å². The van der Waals surface area contributed by atoms with Gasteiger partial charge in [0.25, 0.3) is 0 Å². The van der Waals surface area contributed by atoms with E-state index in [0.29, 0.717) is 17.9 Å². The van der Waals surface area contributed by atoms with E-state index in [1.54, 1.807) is 12.6 Å². The van der Waals surface area contributed by atoms with Crippen molar-refractivity contribution in [2.75, 3.05) is 11.9 Å². The lowest BCUT2D eigenvalue weighted by Gasteiger charge is -2.10. The zero-order valence-electron chi connectivity index (χ0n) is 12.9. The third kappa shape index (κ3) is 2.66. The Hall–Kier alpha value is -2.71. The summed E-state index contributed by atoms with van der Waals surface area (Å²) in [6.45, 7) is 0.334. The molecule has 4 aromatic rings. The van der Waals surface area contributed by atoms with Gasteiger partial charge in [-0.25, -0.2) is 15.0 Å². The van der Waals surface area contributed by atoms with Crippen LogP contribution >= 0.6 is 11.3 Å². The number of anilines is 1. The average molecular weight is 341 g/mol. The van der Waals surface area contributed by atoms with E-state index in [1.807, 2.05) is 35.9 Å². The van der Waals surface area contributed by atoms with Crippen molar-refractivity contribution in [3.63, 3.8) is 0 Å². The number of furan rings is 1. The van der Waals surface area contributed by atoms with E-state index in [-0.39, 0.29) is 0 Å². The van der Waals surface area contributed by atoms with Gasteiger partial charge in [0.15, 0.2) is 11.5 Å². The summed E-state index contributed by atoms with van der Waals surface area (Å²) in [5, 5.41) is 13.6. The van der Waals surface area contributed by atoms with Crippen LogP contribution in [0.15, 0.2) is 47.6 Å². The van der Waals surface area contributed by atoms with Crippen LogP contribution in [0.25, 0.3) is 21.8 Å². The maximum atomic E-state index is 10.4. The van der Waals surface area contributed by atoms with Gasteiger partial charge in [-0.1, -0.05) is 0 Å². The smallest absolute Gasteiger partial charge is 0.165 e. The maximum Gasteiger partial charge on any atom is 0.165 e. The highest BCUT2D eigenvalue weighted by atomic mass is 32.1. The first-order valence-electron chi connectivity index (χ1n) is 7.40. The molecule has 0 amide bonds. The molecule has 0 aliphatic heterocycles. The van der Waals surface area contributed by atoms with E-state index >= 15 is 0 Å². The van der Waals surface area contributed by atoms with E-state index < -0.39 is 6.10 Å². The topological polar surface area (TPSA) is 89.0 Å². The molecule has 0 aliphatic carbocycles. The number of aryl methyl sites for hydroxylation is 1. The van der Waals surface area contributed by atoms with Crippen molar-refractivity contribution in [1.29, 1.82) is 0 Å². The molecule has 1 atom stereocenters. The van der Waals surface area contributed by atoms with E-state index in [0.717, 1.165) is 21.2 Å². The monoisotopic (exact) mass is 341 g/mol. The number of aromatic nitrogens is 4. The van der Waals surface area contributed by atoms with Crippen molar-refractivity contribution in [3.8, 4) is 10.6 Å². The van der Waals surface area contributed by atoms with Crippen LogP contribution in [0.4, 0.5) is 5.82 Å². The van der Waals surface area contributed by atoms with E-state index in [4.69, 9.17) is 4.42 Å². The summed E-state index contributed by atoms with van der Waals surface area (Å²) in [6, 6.07) is 7.60. The Bertz CT molecular complexity index is 960. The first-order valence-corrected chi connectivity index (χ1v) is 8.21. The molecule has 0 fully saturated rings. The maximum absolute atomic E-state index is 10.4. The minimum Gasteiger partial charge on any atom is -0.464 e. The number of nitrogens with zero attached hydrogens (tertiary/aromatic N) is 4. The van der Waals surface area contributed by atoms with Gasteiger partial charge in [0.1, 0.15) is 23.7 Å². The molecule has 7 nitrogen and oxygen atoms in total. The molecule has 0 spiro atoms. The Morgan fingerprint density at radius 2 is 2.21 bits per heavy atom. The molecule has 1 unspecified atom stereocenters. The lowest BCUT2D eigenvalue weighted by Crippen LogP contribution is -2.12. The van der Waals surface area contributed by atoms with Gasteiger partial charge in [0.2, 0.25) is 0 Å². The van der Waals surface area contributed by atoms with Crippen LogP contribution in [-0.4, -0.2) is 31.2 Å². The third-order valence-electron chi connectivity index (χ3n) is 3.68. The number of aliphatic hydroxyl groups excluding tert-OH is 1. The molecular weight excluding hydrogens is 326 g/mol. The lowest BCUT2D eigenvalue weighted by atomic mass is 10.3. The van der Waals surface area contributed by atoms with Gasteiger partial charge in [0, 0.05) is 18.5 Å². The molecular formula is C16H15N5O2S. The second kappa shape index (κ2) is 6.06. The summed E-state index contributed by atoms with van der Waals surface area (Å²) in [7, 11) is 1.88. The van der Waals surface area contributed by atoms with Crippen LogP contribution in [0.2, 0.25) is 0 Å². The summed E-state index contributed by atoms with van der Waals surface area (Å²) in [5.74, 6) is 1.42.